The van der Waals surface area contributed by atoms with Crippen molar-refractivity contribution in [2.24, 2.45) is 11.8 Å². The summed E-state index contributed by atoms with van der Waals surface area (Å²) >= 11 is 0. The molecule has 1 saturated heterocycles. The Hall–Kier alpha value is -0.0800. The van der Waals surface area contributed by atoms with Crippen LogP contribution in [0.5, 0.6) is 0 Å². The van der Waals surface area contributed by atoms with Gasteiger partial charge in [0.25, 0.3) is 0 Å². The molecule has 0 bridgehead atoms. The zero-order chi connectivity index (χ0) is 12.5. The minimum absolute atomic E-state index is 0.853. The van der Waals surface area contributed by atoms with E-state index in [1.807, 2.05) is 0 Å². The fraction of sp³-hybridized carbons (Fsp3) is 1.00. The van der Waals surface area contributed by atoms with Gasteiger partial charge in [0.1, 0.15) is 0 Å². The van der Waals surface area contributed by atoms with Crippen molar-refractivity contribution in [2.45, 2.75) is 52.9 Å². The molecule has 1 aliphatic rings. The molecular weight excluding hydrogens is 208 g/mol. The lowest BCUT2D eigenvalue weighted by Gasteiger charge is -2.26. The van der Waals surface area contributed by atoms with E-state index in [2.05, 4.69) is 31.0 Å². The molecule has 102 valence electrons. The first-order valence-corrected chi connectivity index (χ1v) is 7.69. The summed E-state index contributed by atoms with van der Waals surface area (Å²) in [6.45, 7) is 13.3. The SMILES string of the molecule is CCC(C)CN(CC)CCCC1CCCNC1. The molecule has 0 aromatic carbocycles. The van der Waals surface area contributed by atoms with Gasteiger partial charge in [-0.1, -0.05) is 27.2 Å². The van der Waals surface area contributed by atoms with Crippen LogP contribution in [-0.2, 0) is 0 Å². The van der Waals surface area contributed by atoms with Gasteiger partial charge in [0, 0.05) is 6.54 Å². The molecule has 1 fully saturated rings. The molecule has 1 heterocycles. The zero-order valence-electron chi connectivity index (χ0n) is 12.2. The highest BCUT2D eigenvalue weighted by Gasteiger charge is 2.13. The van der Waals surface area contributed by atoms with Crippen molar-refractivity contribution >= 4 is 0 Å². The highest BCUT2D eigenvalue weighted by Crippen LogP contribution is 2.16. The highest BCUT2D eigenvalue weighted by atomic mass is 15.1. The predicted octanol–water partition coefficient (Wildman–Crippen LogP) is 3.13. The van der Waals surface area contributed by atoms with Crippen LogP contribution in [0.3, 0.4) is 0 Å². The van der Waals surface area contributed by atoms with Crippen LogP contribution in [0, 0.1) is 11.8 Å². The zero-order valence-corrected chi connectivity index (χ0v) is 12.2. The van der Waals surface area contributed by atoms with E-state index in [0.717, 1.165) is 11.8 Å². The molecule has 1 rings (SSSR count). The van der Waals surface area contributed by atoms with Crippen molar-refractivity contribution < 1.29 is 0 Å². The van der Waals surface area contributed by atoms with E-state index >= 15 is 0 Å². The van der Waals surface area contributed by atoms with Crippen LogP contribution >= 0.6 is 0 Å². The molecule has 17 heavy (non-hydrogen) atoms. The van der Waals surface area contributed by atoms with Crippen LogP contribution in [-0.4, -0.2) is 37.6 Å². The number of rotatable bonds is 8. The van der Waals surface area contributed by atoms with E-state index in [1.165, 1.54) is 64.8 Å². The third-order valence-electron chi connectivity index (χ3n) is 4.20. The van der Waals surface area contributed by atoms with Gasteiger partial charge in [0.05, 0.1) is 0 Å². The summed E-state index contributed by atoms with van der Waals surface area (Å²) in [5.41, 5.74) is 0. The van der Waals surface area contributed by atoms with E-state index in [9.17, 15) is 0 Å². The molecule has 0 aromatic rings. The van der Waals surface area contributed by atoms with Crippen molar-refractivity contribution in [3.05, 3.63) is 0 Å². The van der Waals surface area contributed by atoms with Gasteiger partial charge in [0.2, 0.25) is 0 Å². The van der Waals surface area contributed by atoms with Crippen molar-refractivity contribution in [2.75, 3.05) is 32.7 Å². The fourth-order valence-corrected chi connectivity index (χ4v) is 2.72. The Morgan fingerprint density at radius 2 is 2.18 bits per heavy atom. The Balaban J connectivity index is 2.09. The number of piperidine rings is 1. The summed E-state index contributed by atoms with van der Waals surface area (Å²) in [4.78, 5) is 2.63. The average Bonchev–Trinajstić information content (AvgIpc) is 2.38. The van der Waals surface area contributed by atoms with E-state index in [1.54, 1.807) is 0 Å². The lowest BCUT2D eigenvalue weighted by atomic mass is 9.94. The molecule has 0 amide bonds. The third-order valence-corrected chi connectivity index (χ3v) is 4.20. The van der Waals surface area contributed by atoms with Gasteiger partial charge in [0.15, 0.2) is 0 Å². The second kappa shape index (κ2) is 8.93. The number of hydrogen-bond donors (Lipinski definition) is 1. The van der Waals surface area contributed by atoms with Crippen LogP contribution in [0.25, 0.3) is 0 Å². The molecule has 0 spiro atoms. The average molecular weight is 240 g/mol. The number of hydrogen-bond acceptors (Lipinski definition) is 2. The Labute approximate surface area is 108 Å². The minimum atomic E-state index is 0.853. The summed E-state index contributed by atoms with van der Waals surface area (Å²) in [7, 11) is 0. The molecule has 1 N–H and O–H groups in total. The smallest absolute Gasteiger partial charge is 0.000680 e. The van der Waals surface area contributed by atoms with E-state index in [0.29, 0.717) is 0 Å². The van der Waals surface area contributed by atoms with Gasteiger partial charge in [-0.05, 0) is 63.7 Å². The van der Waals surface area contributed by atoms with Gasteiger partial charge in [-0.3, -0.25) is 0 Å². The van der Waals surface area contributed by atoms with E-state index in [-0.39, 0.29) is 0 Å². The lowest BCUT2D eigenvalue weighted by molar-refractivity contribution is 0.231. The van der Waals surface area contributed by atoms with Gasteiger partial charge in [-0.2, -0.15) is 0 Å². The normalized spacial score (nSPS) is 22.9. The monoisotopic (exact) mass is 240 g/mol. The molecule has 2 atom stereocenters. The molecule has 2 unspecified atom stereocenters. The molecule has 0 saturated carbocycles. The Kier molecular flexibility index (Phi) is 7.87. The maximum atomic E-state index is 3.51. The Morgan fingerprint density at radius 1 is 1.35 bits per heavy atom. The summed E-state index contributed by atoms with van der Waals surface area (Å²) in [6.07, 6.45) is 6.95. The number of nitrogens with one attached hydrogen (secondary N) is 1. The number of nitrogens with zero attached hydrogens (tertiary/aromatic N) is 1. The second-order valence-corrected chi connectivity index (χ2v) is 5.76. The summed E-state index contributed by atoms with van der Waals surface area (Å²) in [5, 5.41) is 3.51. The van der Waals surface area contributed by atoms with Crippen LogP contribution < -0.4 is 5.32 Å². The molecule has 2 nitrogen and oxygen atoms in total. The standard InChI is InChI=1S/C15H32N2/c1-4-14(3)13-17(5-2)11-7-9-15-8-6-10-16-12-15/h14-16H,4-13H2,1-3H3. The first-order valence-electron chi connectivity index (χ1n) is 7.69. The third kappa shape index (κ3) is 6.42. The molecule has 0 radical (unpaired) electrons. The Morgan fingerprint density at radius 3 is 2.76 bits per heavy atom. The highest BCUT2D eigenvalue weighted by molar-refractivity contribution is 4.70. The lowest BCUT2D eigenvalue weighted by Crippen LogP contribution is -2.32. The van der Waals surface area contributed by atoms with Crippen molar-refractivity contribution in [3.8, 4) is 0 Å². The summed E-state index contributed by atoms with van der Waals surface area (Å²) < 4.78 is 0. The van der Waals surface area contributed by atoms with Gasteiger partial charge in [-0.15, -0.1) is 0 Å². The minimum Gasteiger partial charge on any atom is -0.316 e. The molecular formula is C15H32N2. The largest absolute Gasteiger partial charge is 0.316 e. The van der Waals surface area contributed by atoms with Crippen LogP contribution in [0.1, 0.15) is 52.9 Å². The van der Waals surface area contributed by atoms with Crippen LogP contribution in [0.4, 0.5) is 0 Å². The van der Waals surface area contributed by atoms with Crippen LogP contribution in [0.2, 0.25) is 0 Å². The maximum absolute atomic E-state index is 3.51. The van der Waals surface area contributed by atoms with Gasteiger partial charge < -0.3 is 10.2 Å². The molecule has 1 aliphatic heterocycles. The topological polar surface area (TPSA) is 15.3 Å². The predicted molar refractivity (Wildman–Crippen MR) is 76.4 cm³/mol. The van der Waals surface area contributed by atoms with Gasteiger partial charge >= 0.3 is 0 Å². The summed E-state index contributed by atoms with van der Waals surface area (Å²) in [5.74, 6) is 1.80. The quantitative estimate of drug-likeness (QED) is 0.701. The van der Waals surface area contributed by atoms with E-state index < -0.39 is 0 Å². The van der Waals surface area contributed by atoms with E-state index in [4.69, 9.17) is 0 Å². The Bertz CT molecular complexity index is 176. The van der Waals surface area contributed by atoms with Crippen molar-refractivity contribution in [1.82, 2.24) is 10.2 Å². The maximum Gasteiger partial charge on any atom is 0.000680 e. The van der Waals surface area contributed by atoms with Crippen LogP contribution in [0.15, 0.2) is 0 Å². The first-order chi connectivity index (χ1) is 8.26. The van der Waals surface area contributed by atoms with Crippen molar-refractivity contribution in [3.63, 3.8) is 0 Å². The molecule has 2 heteroatoms. The summed E-state index contributed by atoms with van der Waals surface area (Å²) in [6, 6.07) is 0. The molecule has 0 aromatic heterocycles. The van der Waals surface area contributed by atoms with Crippen molar-refractivity contribution in [1.29, 1.82) is 0 Å². The molecule has 0 aliphatic carbocycles. The van der Waals surface area contributed by atoms with Gasteiger partial charge in [-0.25, -0.2) is 0 Å². The first kappa shape index (κ1) is 15.0. The second-order valence-electron chi connectivity index (χ2n) is 5.76. The fourth-order valence-electron chi connectivity index (χ4n) is 2.72.